The van der Waals surface area contributed by atoms with E-state index in [-0.39, 0.29) is 5.91 Å². The van der Waals surface area contributed by atoms with Crippen LogP contribution in [0.4, 0.5) is 0 Å². The van der Waals surface area contributed by atoms with E-state index in [4.69, 9.17) is 4.74 Å². The molecule has 0 bridgehead atoms. The van der Waals surface area contributed by atoms with Crippen molar-refractivity contribution in [1.82, 2.24) is 10.3 Å². The normalized spacial score (nSPS) is 19.0. The molecule has 3 aromatic rings. The summed E-state index contributed by atoms with van der Waals surface area (Å²) in [6, 6.07) is 13.9. The maximum absolute atomic E-state index is 12.7. The van der Waals surface area contributed by atoms with Gasteiger partial charge in [-0.05, 0) is 24.1 Å². The molecule has 0 saturated heterocycles. The molecule has 1 aliphatic heterocycles. The molecule has 128 valence electrons. The fourth-order valence-electron chi connectivity index (χ4n) is 4.02. The zero-order chi connectivity index (χ0) is 17.4. The number of nitrogens with one attached hydrogen (secondary N) is 2. The van der Waals surface area contributed by atoms with Gasteiger partial charge in [0.2, 0.25) is 0 Å². The molecule has 25 heavy (non-hydrogen) atoms. The maximum atomic E-state index is 12.7. The molecule has 1 amide bonds. The van der Waals surface area contributed by atoms with E-state index < -0.39 is 5.54 Å². The van der Waals surface area contributed by atoms with Crippen molar-refractivity contribution in [2.75, 3.05) is 7.11 Å². The molecule has 4 heteroatoms. The van der Waals surface area contributed by atoms with Gasteiger partial charge in [-0.25, -0.2) is 0 Å². The third kappa shape index (κ3) is 2.24. The standard InChI is InChI=1S/C21H22N2O2/c1-3-4-12-21(16-10-6-5-8-15(16)20(24)23-21)17-13-22-19-14(17)9-7-11-18(19)25-2/h5-11,13,22H,3-4,12H2,1-2H3,(H,23,24)/t21-/m1/s1. The van der Waals surface area contributed by atoms with E-state index in [2.05, 4.69) is 29.4 Å². The van der Waals surface area contributed by atoms with Crippen molar-refractivity contribution in [3.05, 3.63) is 65.4 Å². The Bertz CT molecular complexity index is 944. The number of aromatic amines is 1. The second-order valence-corrected chi connectivity index (χ2v) is 6.59. The number of fused-ring (bicyclic) bond motifs is 2. The lowest BCUT2D eigenvalue weighted by atomic mass is 9.79. The fraction of sp³-hybridized carbons (Fsp3) is 0.286. The molecule has 4 nitrogen and oxygen atoms in total. The summed E-state index contributed by atoms with van der Waals surface area (Å²) in [6.07, 6.45) is 5.00. The van der Waals surface area contributed by atoms with Crippen molar-refractivity contribution in [2.24, 2.45) is 0 Å². The molecule has 2 heterocycles. The summed E-state index contributed by atoms with van der Waals surface area (Å²) in [4.78, 5) is 16.0. The Morgan fingerprint density at radius 1 is 1.08 bits per heavy atom. The molecular weight excluding hydrogens is 312 g/mol. The molecule has 1 aliphatic rings. The van der Waals surface area contributed by atoms with E-state index in [9.17, 15) is 4.79 Å². The minimum Gasteiger partial charge on any atom is -0.495 e. The fourth-order valence-corrected chi connectivity index (χ4v) is 4.02. The molecule has 0 unspecified atom stereocenters. The lowest BCUT2D eigenvalue weighted by Crippen LogP contribution is -2.40. The van der Waals surface area contributed by atoms with Gasteiger partial charge in [0.05, 0.1) is 18.2 Å². The van der Waals surface area contributed by atoms with Crippen LogP contribution in [0.5, 0.6) is 5.75 Å². The van der Waals surface area contributed by atoms with Crippen molar-refractivity contribution in [1.29, 1.82) is 0 Å². The van der Waals surface area contributed by atoms with Crippen molar-refractivity contribution in [3.63, 3.8) is 0 Å². The van der Waals surface area contributed by atoms with Crippen LogP contribution in [0.15, 0.2) is 48.7 Å². The number of methoxy groups -OCH3 is 1. The SMILES string of the molecule is CCCC[C@@]1(c2c[nH]c3c(OC)cccc23)NC(=O)c2ccccc21. The summed E-state index contributed by atoms with van der Waals surface area (Å²) in [6.45, 7) is 2.18. The van der Waals surface area contributed by atoms with E-state index >= 15 is 0 Å². The van der Waals surface area contributed by atoms with E-state index in [0.29, 0.717) is 0 Å². The first kappa shape index (κ1) is 15.8. The second kappa shape index (κ2) is 5.96. The third-order valence-corrected chi connectivity index (χ3v) is 5.22. The number of rotatable bonds is 5. The van der Waals surface area contributed by atoms with Crippen LogP contribution in [0.25, 0.3) is 10.9 Å². The van der Waals surface area contributed by atoms with Crippen LogP contribution in [0.3, 0.4) is 0 Å². The first-order chi connectivity index (χ1) is 12.2. The van der Waals surface area contributed by atoms with Gasteiger partial charge in [0.15, 0.2) is 0 Å². The highest BCUT2D eigenvalue weighted by molar-refractivity contribution is 6.02. The molecule has 1 aromatic heterocycles. The monoisotopic (exact) mass is 334 g/mol. The number of aromatic nitrogens is 1. The highest BCUT2D eigenvalue weighted by Gasteiger charge is 2.44. The number of hydrogen-bond acceptors (Lipinski definition) is 2. The molecule has 0 fully saturated rings. The zero-order valence-electron chi connectivity index (χ0n) is 14.6. The minimum absolute atomic E-state index is 0.00366. The van der Waals surface area contributed by atoms with Crippen LogP contribution >= 0.6 is 0 Å². The number of carbonyl (C=O) groups is 1. The largest absolute Gasteiger partial charge is 0.495 e. The van der Waals surface area contributed by atoms with Gasteiger partial charge < -0.3 is 15.0 Å². The van der Waals surface area contributed by atoms with E-state index in [1.165, 1.54) is 0 Å². The minimum atomic E-state index is -0.492. The van der Waals surface area contributed by atoms with Crippen LogP contribution in [0.1, 0.15) is 47.7 Å². The Balaban J connectivity index is 1.97. The van der Waals surface area contributed by atoms with Crippen LogP contribution in [-0.4, -0.2) is 18.0 Å². The number of H-pyrrole nitrogens is 1. The summed E-state index contributed by atoms with van der Waals surface area (Å²) in [5, 5.41) is 4.39. The van der Waals surface area contributed by atoms with Gasteiger partial charge in [-0.2, -0.15) is 0 Å². The molecule has 0 aliphatic carbocycles. The Morgan fingerprint density at radius 2 is 1.92 bits per heavy atom. The van der Waals surface area contributed by atoms with Gasteiger partial charge in [0.1, 0.15) is 5.75 Å². The summed E-state index contributed by atoms with van der Waals surface area (Å²) < 4.78 is 5.49. The van der Waals surface area contributed by atoms with Crippen LogP contribution in [0.2, 0.25) is 0 Å². The van der Waals surface area contributed by atoms with E-state index in [1.54, 1.807) is 7.11 Å². The number of carbonyl (C=O) groups excluding carboxylic acids is 1. The molecule has 0 spiro atoms. The van der Waals surface area contributed by atoms with Gasteiger partial charge in [-0.3, -0.25) is 4.79 Å². The lowest BCUT2D eigenvalue weighted by Gasteiger charge is -2.30. The number of ether oxygens (including phenoxy) is 1. The maximum Gasteiger partial charge on any atom is 0.252 e. The number of unbranched alkanes of at least 4 members (excludes halogenated alkanes) is 1. The molecule has 0 radical (unpaired) electrons. The van der Waals surface area contributed by atoms with Gasteiger partial charge in [0.25, 0.3) is 5.91 Å². The third-order valence-electron chi connectivity index (χ3n) is 5.22. The Morgan fingerprint density at radius 3 is 2.72 bits per heavy atom. The first-order valence-electron chi connectivity index (χ1n) is 8.78. The predicted octanol–water partition coefficient (Wildman–Crippen LogP) is 4.35. The zero-order valence-corrected chi connectivity index (χ0v) is 14.6. The number of amides is 1. The quantitative estimate of drug-likeness (QED) is 0.728. The molecular formula is C21H22N2O2. The van der Waals surface area contributed by atoms with E-state index in [0.717, 1.165) is 52.6 Å². The van der Waals surface area contributed by atoms with Crippen molar-refractivity contribution < 1.29 is 9.53 Å². The van der Waals surface area contributed by atoms with Crippen LogP contribution in [0, 0.1) is 0 Å². The van der Waals surface area contributed by atoms with Crippen LogP contribution in [-0.2, 0) is 5.54 Å². The lowest BCUT2D eigenvalue weighted by molar-refractivity contribution is 0.0937. The van der Waals surface area contributed by atoms with Crippen molar-refractivity contribution in [3.8, 4) is 5.75 Å². The average molecular weight is 334 g/mol. The van der Waals surface area contributed by atoms with E-state index in [1.807, 2.05) is 36.5 Å². The number of para-hydroxylation sites is 1. The summed E-state index contributed by atoms with van der Waals surface area (Å²) in [7, 11) is 1.68. The predicted molar refractivity (Wildman–Crippen MR) is 99.1 cm³/mol. The molecule has 2 N–H and O–H groups in total. The Hall–Kier alpha value is -2.75. The Labute approximate surface area is 147 Å². The molecule has 1 atom stereocenters. The molecule has 0 saturated carbocycles. The molecule has 4 rings (SSSR count). The highest BCUT2D eigenvalue weighted by Crippen LogP contribution is 2.44. The average Bonchev–Trinajstić information content (AvgIpc) is 3.20. The summed E-state index contributed by atoms with van der Waals surface area (Å²) in [5.74, 6) is 0.816. The number of hydrogen-bond donors (Lipinski definition) is 2. The van der Waals surface area contributed by atoms with Gasteiger partial charge in [-0.15, -0.1) is 0 Å². The van der Waals surface area contributed by atoms with Crippen molar-refractivity contribution in [2.45, 2.75) is 31.7 Å². The van der Waals surface area contributed by atoms with Crippen LogP contribution < -0.4 is 10.1 Å². The second-order valence-electron chi connectivity index (χ2n) is 6.59. The summed E-state index contributed by atoms with van der Waals surface area (Å²) >= 11 is 0. The molecule has 2 aromatic carbocycles. The number of benzene rings is 2. The highest BCUT2D eigenvalue weighted by atomic mass is 16.5. The smallest absolute Gasteiger partial charge is 0.252 e. The van der Waals surface area contributed by atoms with Gasteiger partial charge >= 0.3 is 0 Å². The summed E-state index contributed by atoms with van der Waals surface area (Å²) in [5.41, 5.74) is 3.42. The topological polar surface area (TPSA) is 54.1 Å². The Kier molecular flexibility index (Phi) is 3.75. The first-order valence-corrected chi connectivity index (χ1v) is 8.78. The van der Waals surface area contributed by atoms with Gasteiger partial charge in [-0.1, -0.05) is 50.1 Å². The van der Waals surface area contributed by atoms with Crippen molar-refractivity contribution >= 4 is 16.8 Å². The van der Waals surface area contributed by atoms with Gasteiger partial charge in [0, 0.05) is 22.7 Å².